The van der Waals surface area contributed by atoms with E-state index in [0.717, 1.165) is 67.9 Å². The normalized spacial score (nSPS) is 24.4. The van der Waals surface area contributed by atoms with E-state index in [-0.39, 0.29) is 18.4 Å². The molecule has 1 saturated heterocycles. The van der Waals surface area contributed by atoms with E-state index in [9.17, 15) is 9.90 Å². The molecule has 0 spiro atoms. The summed E-state index contributed by atoms with van der Waals surface area (Å²) in [5.41, 5.74) is 1.87. The number of carbonyl (C=O) groups is 1. The van der Waals surface area contributed by atoms with Crippen molar-refractivity contribution in [2.45, 2.75) is 76.4 Å². The average Bonchev–Trinajstić information content (AvgIpc) is 3.16. The molecule has 1 unspecified atom stereocenters. The number of halogens is 1. The molecular weight excluding hydrogens is 414 g/mol. The standard InChI is InChI=1S/C24H34ClN3O3/c1-16(29)14-23(30)26-20-5-2-17(3-6-20)8-11-28-12-9-18(10-13-28)24-21-7-4-19(25)15-22(21)31-27-24/h4,7,15-18,20,29H,2-3,5-6,8-14H2,1H3,(H,26,30). The third-order valence-electron chi connectivity index (χ3n) is 6.98. The molecule has 2 aromatic rings. The maximum atomic E-state index is 11.8. The van der Waals surface area contributed by atoms with E-state index in [1.54, 1.807) is 6.92 Å². The fourth-order valence-corrected chi connectivity index (χ4v) is 5.33. The van der Waals surface area contributed by atoms with Crippen LogP contribution >= 0.6 is 11.6 Å². The minimum atomic E-state index is -0.568. The number of aliphatic hydroxyl groups is 1. The van der Waals surface area contributed by atoms with Crippen LogP contribution in [-0.2, 0) is 4.79 Å². The number of nitrogens with zero attached hydrogens (tertiary/aromatic N) is 2. The highest BCUT2D eigenvalue weighted by Gasteiger charge is 2.27. The van der Waals surface area contributed by atoms with E-state index < -0.39 is 6.10 Å². The van der Waals surface area contributed by atoms with Crippen LogP contribution in [-0.4, -0.2) is 52.9 Å². The van der Waals surface area contributed by atoms with Crippen molar-refractivity contribution in [3.05, 3.63) is 28.9 Å². The van der Waals surface area contributed by atoms with Gasteiger partial charge >= 0.3 is 0 Å². The van der Waals surface area contributed by atoms with Gasteiger partial charge in [-0.25, -0.2) is 0 Å². The Hall–Kier alpha value is -1.63. The molecule has 1 aliphatic carbocycles. The number of rotatable bonds is 7. The van der Waals surface area contributed by atoms with Crippen LogP contribution in [0.3, 0.4) is 0 Å². The van der Waals surface area contributed by atoms with Crippen LogP contribution < -0.4 is 5.32 Å². The van der Waals surface area contributed by atoms with Gasteiger partial charge in [-0.05, 0) is 89.6 Å². The summed E-state index contributed by atoms with van der Waals surface area (Å²) in [6.45, 7) is 5.03. The summed E-state index contributed by atoms with van der Waals surface area (Å²) in [6, 6.07) is 6.06. The molecule has 0 bridgehead atoms. The summed E-state index contributed by atoms with van der Waals surface area (Å²) in [6.07, 6.45) is 7.59. The van der Waals surface area contributed by atoms with E-state index in [0.29, 0.717) is 10.9 Å². The molecule has 31 heavy (non-hydrogen) atoms. The lowest BCUT2D eigenvalue weighted by atomic mass is 9.83. The molecular formula is C24H34ClN3O3. The van der Waals surface area contributed by atoms with Crippen LogP contribution in [0.1, 0.15) is 69.9 Å². The minimum absolute atomic E-state index is 0.0238. The number of likely N-dealkylation sites (tertiary alicyclic amines) is 1. The highest BCUT2D eigenvalue weighted by atomic mass is 35.5. The Morgan fingerprint density at radius 3 is 2.71 bits per heavy atom. The SMILES string of the molecule is CC(O)CC(=O)NC1CCC(CCN2CCC(c3noc4cc(Cl)ccc34)CC2)CC1. The van der Waals surface area contributed by atoms with Crippen molar-refractivity contribution in [3.63, 3.8) is 0 Å². The van der Waals surface area contributed by atoms with Gasteiger partial charge in [0.05, 0.1) is 18.2 Å². The topological polar surface area (TPSA) is 78.6 Å². The van der Waals surface area contributed by atoms with E-state index in [1.807, 2.05) is 18.2 Å². The largest absolute Gasteiger partial charge is 0.393 e. The van der Waals surface area contributed by atoms with Crippen molar-refractivity contribution in [1.29, 1.82) is 0 Å². The van der Waals surface area contributed by atoms with E-state index in [2.05, 4.69) is 15.4 Å². The first-order valence-corrected chi connectivity index (χ1v) is 12.1. The van der Waals surface area contributed by atoms with Gasteiger partial charge in [-0.1, -0.05) is 16.8 Å². The molecule has 1 saturated carbocycles. The van der Waals surface area contributed by atoms with Crippen molar-refractivity contribution < 1.29 is 14.4 Å². The summed E-state index contributed by atoms with van der Waals surface area (Å²) in [5, 5.41) is 18.5. The summed E-state index contributed by atoms with van der Waals surface area (Å²) < 4.78 is 5.50. The number of carbonyl (C=O) groups excluding carboxylic acids is 1. The highest BCUT2D eigenvalue weighted by molar-refractivity contribution is 6.31. The second-order valence-corrected chi connectivity index (χ2v) is 9.89. The molecule has 1 aliphatic heterocycles. The zero-order valence-electron chi connectivity index (χ0n) is 18.4. The Morgan fingerprint density at radius 2 is 2.00 bits per heavy atom. The van der Waals surface area contributed by atoms with Crippen LogP contribution in [0.5, 0.6) is 0 Å². The molecule has 1 aromatic carbocycles. The van der Waals surface area contributed by atoms with E-state index >= 15 is 0 Å². The zero-order valence-corrected chi connectivity index (χ0v) is 19.1. The van der Waals surface area contributed by atoms with Gasteiger partial charge in [0.1, 0.15) is 0 Å². The Kier molecular flexibility index (Phi) is 7.51. The second-order valence-electron chi connectivity index (χ2n) is 9.45. The third-order valence-corrected chi connectivity index (χ3v) is 7.22. The molecule has 170 valence electrons. The average molecular weight is 448 g/mol. The first-order valence-electron chi connectivity index (χ1n) is 11.7. The number of aromatic nitrogens is 1. The van der Waals surface area contributed by atoms with E-state index in [1.165, 1.54) is 19.3 Å². The third kappa shape index (κ3) is 5.99. The van der Waals surface area contributed by atoms with Crippen LogP contribution in [0.2, 0.25) is 5.02 Å². The van der Waals surface area contributed by atoms with Crippen LogP contribution in [0.25, 0.3) is 11.0 Å². The summed E-state index contributed by atoms with van der Waals surface area (Å²) >= 11 is 6.06. The predicted molar refractivity (Wildman–Crippen MR) is 122 cm³/mol. The maximum absolute atomic E-state index is 11.8. The Balaban J connectivity index is 1.17. The molecule has 6 nitrogen and oxygen atoms in total. The molecule has 7 heteroatoms. The van der Waals surface area contributed by atoms with Crippen molar-refractivity contribution in [2.24, 2.45) is 5.92 Å². The monoisotopic (exact) mass is 447 g/mol. The van der Waals surface area contributed by atoms with Crippen LogP contribution in [0, 0.1) is 5.92 Å². The zero-order chi connectivity index (χ0) is 21.8. The van der Waals surface area contributed by atoms with Gasteiger partial charge in [0, 0.05) is 28.4 Å². The molecule has 1 aromatic heterocycles. The number of benzene rings is 1. The number of hydrogen-bond acceptors (Lipinski definition) is 5. The fourth-order valence-electron chi connectivity index (χ4n) is 5.17. The van der Waals surface area contributed by atoms with Gasteiger partial charge in [-0.15, -0.1) is 0 Å². The maximum Gasteiger partial charge on any atom is 0.222 e. The molecule has 4 rings (SSSR count). The molecule has 1 atom stereocenters. The number of hydrogen-bond donors (Lipinski definition) is 2. The summed E-state index contributed by atoms with van der Waals surface area (Å²) in [4.78, 5) is 14.4. The van der Waals surface area contributed by atoms with Gasteiger partial charge < -0.3 is 19.8 Å². The quantitative estimate of drug-likeness (QED) is 0.653. The first-order chi connectivity index (χ1) is 15.0. The number of fused-ring (bicyclic) bond motifs is 1. The van der Waals surface area contributed by atoms with E-state index in [4.69, 9.17) is 16.1 Å². The second kappa shape index (κ2) is 10.3. The molecule has 1 amide bonds. The molecule has 2 N–H and O–H groups in total. The van der Waals surface area contributed by atoms with Crippen molar-refractivity contribution in [3.8, 4) is 0 Å². The van der Waals surface area contributed by atoms with Gasteiger partial charge in [0.15, 0.2) is 5.58 Å². The molecule has 2 aliphatic rings. The number of nitrogens with one attached hydrogen (secondary N) is 1. The predicted octanol–water partition coefficient (Wildman–Crippen LogP) is 4.50. The molecule has 0 radical (unpaired) electrons. The number of piperidine rings is 1. The van der Waals surface area contributed by atoms with Crippen molar-refractivity contribution >= 4 is 28.5 Å². The lowest BCUT2D eigenvalue weighted by Gasteiger charge is -2.34. The summed E-state index contributed by atoms with van der Waals surface area (Å²) in [5.74, 6) is 1.19. The van der Waals surface area contributed by atoms with Crippen LogP contribution in [0.15, 0.2) is 22.7 Å². The van der Waals surface area contributed by atoms with Gasteiger partial charge in [-0.2, -0.15) is 0 Å². The lowest BCUT2D eigenvalue weighted by Crippen LogP contribution is -2.39. The van der Waals surface area contributed by atoms with Crippen LogP contribution in [0.4, 0.5) is 0 Å². The number of amides is 1. The van der Waals surface area contributed by atoms with Gasteiger partial charge in [0.25, 0.3) is 0 Å². The number of aliphatic hydroxyl groups excluding tert-OH is 1. The fraction of sp³-hybridized carbons (Fsp3) is 0.667. The van der Waals surface area contributed by atoms with Gasteiger partial charge in [-0.3, -0.25) is 4.79 Å². The van der Waals surface area contributed by atoms with Crippen molar-refractivity contribution in [2.75, 3.05) is 19.6 Å². The summed E-state index contributed by atoms with van der Waals surface area (Å²) in [7, 11) is 0. The Morgan fingerprint density at radius 1 is 1.26 bits per heavy atom. The van der Waals surface area contributed by atoms with Gasteiger partial charge in [0.2, 0.25) is 5.91 Å². The first kappa shape index (κ1) is 22.6. The Labute approximate surface area is 189 Å². The smallest absolute Gasteiger partial charge is 0.222 e. The Bertz CT molecular complexity index is 868. The molecule has 2 heterocycles. The highest BCUT2D eigenvalue weighted by Crippen LogP contribution is 2.34. The lowest BCUT2D eigenvalue weighted by molar-refractivity contribution is -0.123. The molecule has 2 fully saturated rings. The minimum Gasteiger partial charge on any atom is -0.393 e. The van der Waals surface area contributed by atoms with Crippen molar-refractivity contribution in [1.82, 2.24) is 15.4 Å².